The van der Waals surface area contributed by atoms with Crippen LogP contribution in [0.25, 0.3) is 0 Å². The molecule has 0 bridgehead atoms. The Hall–Kier alpha value is -1.72. The number of aliphatic hydroxyl groups is 1. The van der Waals surface area contributed by atoms with Crippen LogP contribution in [0.3, 0.4) is 0 Å². The average Bonchev–Trinajstić information content (AvgIpc) is 3.13. The maximum absolute atomic E-state index is 12.3. The van der Waals surface area contributed by atoms with Gasteiger partial charge in [-0.05, 0) is 24.3 Å². The van der Waals surface area contributed by atoms with E-state index in [0.717, 1.165) is 42.9 Å². The number of benzene rings is 1. The van der Waals surface area contributed by atoms with Crippen molar-refractivity contribution in [2.75, 3.05) is 13.1 Å². The lowest BCUT2D eigenvalue weighted by Gasteiger charge is -2.34. The third-order valence-electron chi connectivity index (χ3n) is 4.52. The van der Waals surface area contributed by atoms with Crippen molar-refractivity contribution < 1.29 is 9.90 Å². The molecule has 1 aliphatic rings. The molecule has 0 saturated carbocycles. The summed E-state index contributed by atoms with van der Waals surface area (Å²) in [6, 6.07) is 9.80. The van der Waals surface area contributed by atoms with Crippen LogP contribution in [-0.2, 0) is 11.2 Å². The van der Waals surface area contributed by atoms with Crippen LogP contribution in [0.5, 0.6) is 0 Å². The molecule has 1 amide bonds. The second-order valence-corrected chi connectivity index (χ2v) is 6.98. The fourth-order valence-corrected chi connectivity index (χ4v) is 3.76. The molecule has 1 unspecified atom stereocenters. The monoisotopic (exact) mass is 330 g/mol. The van der Waals surface area contributed by atoms with E-state index in [9.17, 15) is 9.90 Å². The summed E-state index contributed by atoms with van der Waals surface area (Å²) >= 11 is 1.60. The lowest BCUT2D eigenvalue weighted by molar-refractivity contribution is -0.133. The smallest absolute Gasteiger partial charge is 0.222 e. The fourth-order valence-electron chi connectivity index (χ4n) is 3.14. The van der Waals surface area contributed by atoms with E-state index in [1.54, 1.807) is 17.5 Å². The highest BCUT2D eigenvalue weighted by atomic mass is 32.1. The molecular formula is C18H22N2O2S. The number of aryl methyl sites for hydroxylation is 1. The van der Waals surface area contributed by atoms with Gasteiger partial charge in [-0.25, -0.2) is 4.98 Å². The standard InChI is InChI=1S/C18H22N2O2S/c21-17(7-6-16-19-10-13-23-16)20-11-8-15(9-12-20)18(22)14-4-2-1-3-5-14/h1-5,10,13,15,18,22H,6-9,11-12H2. The summed E-state index contributed by atoms with van der Waals surface area (Å²) in [5.41, 5.74) is 0.973. The van der Waals surface area contributed by atoms with Crippen molar-refractivity contribution in [2.45, 2.75) is 31.8 Å². The number of aromatic nitrogens is 1. The number of hydrogen-bond donors (Lipinski definition) is 1. The molecule has 1 aliphatic heterocycles. The molecule has 0 spiro atoms. The van der Waals surface area contributed by atoms with Crippen LogP contribution in [0, 0.1) is 5.92 Å². The average molecular weight is 330 g/mol. The number of thiazole rings is 1. The number of hydrogen-bond acceptors (Lipinski definition) is 4. The van der Waals surface area contributed by atoms with Crippen LogP contribution in [0.4, 0.5) is 0 Å². The van der Waals surface area contributed by atoms with Gasteiger partial charge in [-0.15, -0.1) is 11.3 Å². The molecule has 3 rings (SSSR count). The molecule has 4 nitrogen and oxygen atoms in total. The highest BCUT2D eigenvalue weighted by molar-refractivity contribution is 7.09. The van der Waals surface area contributed by atoms with Gasteiger partial charge in [-0.3, -0.25) is 4.79 Å². The molecule has 1 atom stereocenters. The summed E-state index contributed by atoms with van der Waals surface area (Å²) in [5, 5.41) is 13.4. The Kier molecular flexibility index (Phi) is 5.41. The second kappa shape index (κ2) is 7.70. The van der Waals surface area contributed by atoms with Gasteiger partial charge >= 0.3 is 0 Å². The number of carbonyl (C=O) groups excluding carboxylic acids is 1. The molecule has 1 aromatic heterocycles. The molecule has 0 radical (unpaired) electrons. The van der Waals surface area contributed by atoms with Crippen molar-refractivity contribution in [3.05, 3.63) is 52.5 Å². The zero-order valence-corrected chi connectivity index (χ0v) is 13.9. The minimum absolute atomic E-state index is 0.202. The molecular weight excluding hydrogens is 308 g/mol. The molecule has 1 fully saturated rings. The van der Waals surface area contributed by atoms with Crippen LogP contribution in [0.2, 0.25) is 0 Å². The van der Waals surface area contributed by atoms with Gasteiger partial charge in [0.2, 0.25) is 5.91 Å². The maximum atomic E-state index is 12.3. The molecule has 23 heavy (non-hydrogen) atoms. The Balaban J connectivity index is 1.47. The van der Waals surface area contributed by atoms with Crippen LogP contribution >= 0.6 is 11.3 Å². The number of likely N-dealkylation sites (tertiary alicyclic amines) is 1. The van der Waals surface area contributed by atoms with Crippen LogP contribution in [0.15, 0.2) is 41.9 Å². The summed E-state index contributed by atoms with van der Waals surface area (Å²) in [4.78, 5) is 18.4. The fraction of sp³-hybridized carbons (Fsp3) is 0.444. The lowest BCUT2D eigenvalue weighted by Crippen LogP contribution is -2.39. The van der Waals surface area contributed by atoms with Gasteiger partial charge in [-0.1, -0.05) is 30.3 Å². The first-order valence-corrected chi connectivity index (χ1v) is 9.01. The van der Waals surface area contributed by atoms with Gasteiger partial charge in [0.25, 0.3) is 0 Å². The third-order valence-corrected chi connectivity index (χ3v) is 5.36. The number of amides is 1. The molecule has 122 valence electrons. The molecule has 0 aliphatic carbocycles. The zero-order valence-electron chi connectivity index (χ0n) is 13.1. The summed E-state index contributed by atoms with van der Waals surface area (Å²) in [6.07, 6.45) is 4.32. The van der Waals surface area contributed by atoms with Gasteiger partial charge in [0.05, 0.1) is 11.1 Å². The Morgan fingerprint density at radius 1 is 1.30 bits per heavy atom. The van der Waals surface area contributed by atoms with Gasteiger partial charge in [0.1, 0.15) is 0 Å². The minimum atomic E-state index is -0.427. The van der Waals surface area contributed by atoms with Crippen molar-refractivity contribution in [1.29, 1.82) is 0 Å². The van der Waals surface area contributed by atoms with E-state index in [4.69, 9.17) is 0 Å². The van der Waals surface area contributed by atoms with Gasteiger partial charge < -0.3 is 10.0 Å². The normalized spacial score (nSPS) is 17.2. The summed E-state index contributed by atoms with van der Waals surface area (Å²) in [6.45, 7) is 1.48. The topological polar surface area (TPSA) is 53.4 Å². The largest absolute Gasteiger partial charge is 0.388 e. The third kappa shape index (κ3) is 4.18. The van der Waals surface area contributed by atoms with Crippen LogP contribution in [0.1, 0.15) is 35.9 Å². The van der Waals surface area contributed by atoms with E-state index in [2.05, 4.69) is 4.98 Å². The van der Waals surface area contributed by atoms with Crippen molar-refractivity contribution in [3.63, 3.8) is 0 Å². The summed E-state index contributed by atoms with van der Waals surface area (Å²) in [5.74, 6) is 0.438. The first-order valence-electron chi connectivity index (χ1n) is 8.13. The van der Waals surface area contributed by atoms with Gasteiger partial charge in [0.15, 0.2) is 0 Å². The number of aliphatic hydroxyl groups excluding tert-OH is 1. The highest BCUT2D eigenvalue weighted by Gasteiger charge is 2.28. The molecule has 2 aromatic rings. The van der Waals surface area contributed by atoms with E-state index >= 15 is 0 Å². The maximum Gasteiger partial charge on any atom is 0.222 e. The second-order valence-electron chi connectivity index (χ2n) is 6.00. The number of carbonyl (C=O) groups is 1. The van der Waals surface area contributed by atoms with E-state index in [1.165, 1.54) is 0 Å². The summed E-state index contributed by atoms with van der Waals surface area (Å²) < 4.78 is 0. The first kappa shape index (κ1) is 16.1. The van der Waals surface area contributed by atoms with Gasteiger partial charge in [0, 0.05) is 37.5 Å². The number of piperidine rings is 1. The Labute approximate surface area is 140 Å². The van der Waals surface area contributed by atoms with Crippen molar-refractivity contribution in [1.82, 2.24) is 9.88 Å². The van der Waals surface area contributed by atoms with E-state index in [1.807, 2.05) is 40.6 Å². The predicted molar refractivity (Wildman–Crippen MR) is 91.1 cm³/mol. The molecule has 5 heteroatoms. The van der Waals surface area contributed by atoms with Crippen molar-refractivity contribution >= 4 is 17.2 Å². The molecule has 1 aromatic carbocycles. The SMILES string of the molecule is O=C(CCc1nccs1)N1CCC(C(O)c2ccccc2)CC1. The van der Waals surface area contributed by atoms with Crippen molar-refractivity contribution in [3.8, 4) is 0 Å². The zero-order chi connectivity index (χ0) is 16.1. The Bertz CT molecular complexity index is 607. The quantitative estimate of drug-likeness (QED) is 0.917. The Morgan fingerprint density at radius 3 is 2.70 bits per heavy atom. The van der Waals surface area contributed by atoms with E-state index < -0.39 is 6.10 Å². The lowest BCUT2D eigenvalue weighted by atomic mass is 9.87. The van der Waals surface area contributed by atoms with Crippen LogP contribution < -0.4 is 0 Å². The van der Waals surface area contributed by atoms with E-state index in [0.29, 0.717) is 6.42 Å². The molecule has 1 saturated heterocycles. The highest BCUT2D eigenvalue weighted by Crippen LogP contribution is 2.30. The molecule has 1 N–H and O–H groups in total. The van der Waals surface area contributed by atoms with Crippen LogP contribution in [-0.4, -0.2) is 34.0 Å². The van der Waals surface area contributed by atoms with Crippen molar-refractivity contribution in [2.24, 2.45) is 5.92 Å². The number of rotatable bonds is 5. The Morgan fingerprint density at radius 2 is 2.04 bits per heavy atom. The number of nitrogens with zero attached hydrogens (tertiary/aromatic N) is 2. The first-order chi connectivity index (χ1) is 11.2. The molecule has 2 heterocycles. The minimum Gasteiger partial charge on any atom is -0.388 e. The van der Waals surface area contributed by atoms with Gasteiger partial charge in [-0.2, -0.15) is 0 Å². The van der Waals surface area contributed by atoms with E-state index in [-0.39, 0.29) is 11.8 Å². The summed E-state index contributed by atoms with van der Waals surface area (Å²) in [7, 11) is 0. The predicted octanol–water partition coefficient (Wildman–Crippen LogP) is 3.05.